The average molecular weight is 470 g/mol. The average Bonchev–Trinajstić information content (AvgIpc) is 3.67. The molecule has 5 rings (SSSR count). The molecule has 3 N–H and O–H groups in total. The van der Waals surface area contributed by atoms with Crippen LogP contribution in [0.15, 0.2) is 71.5 Å². The summed E-state index contributed by atoms with van der Waals surface area (Å²) in [5.74, 6) is 0.121. The monoisotopic (exact) mass is 470 g/mol. The van der Waals surface area contributed by atoms with Gasteiger partial charge in [-0.2, -0.15) is 10.1 Å². The lowest BCUT2D eigenvalue weighted by Gasteiger charge is -2.05. The standard InChI is InChI=1S/C22H18N10O3/c33-16(11-12-17-25-19(31-35-17)18-23-13-24-28-18)27-29-22(34)20-26-21(14-7-3-1-4-8-14)32(30-20)15-9-5-2-6-10-15/h1-10,13H,11-12H2,(H,27,33)(H,29,34)(H,23,24,28). The van der Waals surface area contributed by atoms with Crippen LogP contribution in [0.3, 0.4) is 0 Å². The first-order valence-corrected chi connectivity index (χ1v) is 10.5. The number of carbonyl (C=O) groups excluding carboxylic acids is 2. The number of hydrogen-bond acceptors (Lipinski definition) is 9. The zero-order valence-corrected chi connectivity index (χ0v) is 18.1. The number of hydrazine groups is 1. The predicted molar refractivity (Wildman–Crippen MR) is 120 cm³/mol. The number of carbonyl (C=O) groups is 2. The van der Waals surface area contributed by atoms with Gasteiger partial charge < -0.3 is 4.52 Å². The molecule has 2 aromatic carbocycles. The van der Waals surface area contributed by atoms with Crippen LogP contribution in [0.2, 0.25) is 0 Å². The second kappa shape index (κ2) is 9.74. The third-order valence-electron chi connectivity index (χ3n) is 4.82. The maximum absolute atomic E-state index is 12.7. The summed E-state index contributed by atoms with van der Waals surface area (Å²) in [6, 6.07) is 18.7. The second-order valence-corrected chi connectivity index (χ2v) is 7.22. The van der Waals surface area contributed by atoms with Crippen LogP contribution in [-0.4, -0.2) is 51.9 Å². The number of amides is 2. The third kappa shape index (κ3) is 4.93. The van der Waals surface area contributed by atoms with Gasteiger partial charge >= 0.3 is 5.91 Å². The molecule has 174 valence electrons. The fourth-order valence-corrected chi connectivity index (χ4v) is 3.16. The molecule has 0 unspecified atom stereocenters. The minimum absolute atomic E-state index is 0.000528. The predicted octanol–water partition coefficient (Wildman–Crippen LogP) is 1.50. The molecule has 13 heteroatoms. The van der Waals surface area contributed by atoms with E-state index in [1.807, 2.05) is 60.7 Å². The number of para-hydroxylation sites is 1. The largest absolute Gasteiger partial charge is 0.339 e. The Hall–Kier alpha value is -5.20. The zero-order valence-electron chi connectivity index (χ0n) is 18.1. The van der Waals surface area contributed by atoms with Crippen molar-refractivity contribution >= 4 is 11.8 Å². The summed E-state index contributed by atoms with van der Waals surface area (Å²) < 4.78 is 6.67. The summed E-state index contributed by atoms with van der Waals surface area (Å²) in [4.78, 5) is 37.3. The maximum atomic E-state index is 12.7. The highest BCUT2D eigenvalue weighted by Gasteiger charge is 2.19. The molecule has 0 aliphatic rings. The first kappa shape index (κ1) is 21.6. The molecule has 0 saturated heterocycles. The van der Waals surface area contributed by atoms with Crippen molar-refractivity contribution in [1.29, 1.82) is 0 Å². The lowest BCUT2D eigenvalue weighted by atomic mass is 10.2. The fourth-order valence-electron chi connectivity index (χ4n) is 3.16. The summed E-state index contributed by atoms with van der Waals surface area (Å²) in [6.07, 6.45) is 1.49. The Morgan fingerprint density at radius 2 is 1.74 bits per heavy atom. The highest BCUT2D eigenvalue weighted by Crippen LogP contribution is 2.21. The number of rotatable bonds is 7. The van der Waals surface area contributed by atoms with Crippen LogP contribution in [0.5, 0.6) is 0 Å². The van der Waals surface area contributed by atoms with E-state index in [1.54, 1.807) is 4.68 Å². The van der Waals surface area contributed by atoms with Crippen molar-refractivity contribution < 1.29 is 14.1 Å². The molecule has 5 aromatic rings. The van der Waals surface area contributed by atoms with Gasteiger partial charge in [0.2, 0.25) is 23.4 Å². The van der Waals surface area contributed by atoms with Crippen LogP contribution < -0.4 is 10.9 Å². The minimum Gasteiger partial charge on any atom is -0.339 e. The normalized spacial score (nSPS) is 10.7. The number of nitrogens with zero attached hydrogens (tertiary/aromatic N) is 7. The SMILES string of the molecule is O=C(CCc1nc(-c2ncn[nH]2)no1)NNC(=O)c1nc(-c2ccccc2)n(-c2ccccc2)n1. The first-order valence-electron chi connectivity index (χ1n) is 10.5. The van der Waals surface area contributed by atoms with Gasteiger partial charge in [0.05, 0.1) is 5.69 Å². The Kier molecular flexibility index (Phi) is 6.02. The molecule has 0 aliphatic heterocycles. The Labute approximate surface area is 197 Å². The smallest absolute Gasteiger partial charge is 0.309 e. The summed E-state index contributed by atoms with van der Waals surface area (Å²) >= 11 is 0. The Balaban J connectivity index is 1.23. The van der Waals surface area contributed by atoms with Gasteiger partial charge in [-0.1, -0.05) is 53.7 Å². The second-order valence-electron chi connectivity index (χ2n) is 7.22. The van der Waals surface area contributed by atoms with Gasteiger partial charge in [0, 0.05) is 18.4 Å². The van der Waals surface area contributed by atoms with Crippen LogP contribution >= 0.6 is 0 Å². The zero-order chi connectivity index (χ0) is 24.0. The third-order valence-corrected chi connectivity index (χ3v) is 4.82. The van der Waals surface area contributed by atoms with Gasteiger partial charge in [-0.3, -0.25) is 25.5 Å². The van der Waals surface area contributed by atoms with E-state index in [2.05, 4.69) is 46.3 Å². The van der Waals surface area contributed by atoms with Crippen molar-refractivity contribution in [1.82, 2.24) is 50.9 Å². The van der Waals surface area contributed by atoms with Gasteiger partial charge in [0.1, 0.15) is 6.33 Å². The number of benzene rings is 2. The molecule has 0 bridgehead atoms. The summed E-state index contributed by atoms with van der Waals surface area (Å²) in [7, 11) is 0. The number of H-pyrrole nitrogens is 1. The molecular formula is C22H18N10O3. The lowest BCUT2D eigenvalue weighted by molar-refractivity contribution is -0.121. The van der Waals surface area contributed by atoms with E-state index in [9.17, 15) is 9.59 Å². The van der Waals surface area contributed by atoms with E-state index in [4.69, 9.17) is 4.52 Å². The number of aromatic nitrogens is 8. The molecule has 2 amide bonds. The van der Waals surface area contributed by atoms with Crippen molar-refractivity contribution in [2.24, 2.45) is 0 Å². The van der Waals surface area contributed by atoms with Crippen molar-refractivity contribution in [3.8, 4) is 28.7 Å². The van der Waals surface area contributed by atoms with Crippen molar-refractivity contribution in [2.75, 3.05) is 0 Å². The first-order chi connectivity index (χ1) is 17.2. The molecular weight excluding hydrogens is 452 g/mol. The van der Waals surface area contributed by atoms with Crippen molar-refractivity contribution in [3.05, 3.63) is 78.7 Å². The summed E-state index contributed by atoms with van der Waals surface area (Å²) in [6.45, 7) is 0. The van der Waals surface area contributed by atoms with E-state index in [0.717, 1.165) is 11.3 Å². The molecule has 0 saturated carbocycles. The van der Waals surface area contributed by atoms with Crippen LogP contribution in [-0.2, 0) is 11.2 Å². The minimum atomic E-state index is -0.657. The Morgan fingerprint density at radius 1 is 0.971 bits per heavy atom. The molecule has 0 radical (unpaired) electrons. The fraction of sp³-hybridized carbons (Fsp3) is 0.0909. The highest BCUT2D eigenvalue weighted by atomic mass is 16.5. The van der Waals surface area contributed by atoms with Crippen molar-refractivity contribution in [3.63, 3.8) is 0 Å². The topological polar surface area (TPSA) is 169 Å². The molecule has 13 nitrogen and oxygen atoms in total. The molecule has 0 spiro atoms. The van der Waals surface area contributed by atoms with Gasteiger partial charge in [0.25, 0.3) is 0 Å². The van der Waals surface area contributed by atoms with Gasteiger partial charge in [-0.25, -0.2) is 14.6 Å². The van der Waals surface area contributed by atoms with Crippen LogP contribution in [0, 0.1) is 0 Å². The van der Waals surface area contributed by atoms with Crippen LogP contribution in [0.25, 0.3) is 28.7 Å². The van der Waals surface area contributed by atoms with E-state index >= 15 is 0 Å². The van der Waals surface area contributed by atoms with E-state index in [1.165, 1.54) is 6.33 Å². The number of hydrogen-bond donors (Lipinski definition) is 3. The number of aromatic amines is 1. The van der Waals surface area contributed by atoms with Gasteiger partial charge in [-0.15, -0.1) is 5.10 Å². The quantitative estimate of drug-likeness (QED) is 0.298. The Bertz CT molecular complexity index is 1370. The van der Waals surface area contributed by atoms with Crippen molar-refractivity contribution in [2.45, 2.75) is 12.8 Å². The number of nitrogens with one attached hydrogen (secondary N) is 3. The number of aryl methyl sites for hydroxylation is 1. The maximum Gasteiger partial charge on any atom is 0.309 e. The summed E-state index contributed by atoms with van der Waals surface area (Å²) in [5, 5.41) is 14.5. The molecule has 0 fully saturated rings. The van der Waals surface area contributed by atoms with E-state index in [0.29, 0.717) is 11.6 Å². The molecule has 0 atom stereocenters. The molecule has 3 heterocycles. The van der Waals surface area contributed by atoms with E-state index < -0.39 is 11.8 Å². The van der Waals surface area contributed by atoms with Crippen LogP contribution in [0.1, 0.15) is 22.9 Å². The molecule has 3 aromatic heterocycles. The molecule has 0 aliphatic carbocycles. The summed E-state index contributed by atoms with van der Waals surface area (Å²) in [5.41, 5.74) is 6.22. The highest BCUT2D eigenvalue weighted by molar-refractivity contribution is 5.92. The molecule has 35 heavy (non-hydrogen) atoms. The lowest BCUT2D eigenvalue weighted by Crippen LogP contribution is -2.42. The van der Waals surface area contributed by atoms with Gasteiger partial charge in [0.15, 0.2) is 11.6 Å². The Morgan fingerprint density at radius 3 is 2.49 bits per heavy atom. The van der Waals surface area contributed by atoms with Gasteiger partial charge in [-0.05, 0) is 12.1 Å². The van der Waals surface area contributed by atoms with E-state index in [-0.39, 0.29) is 30.4 Å². The van der Waals surface area contributed by atoms with Crippen LogP contribution in [0.4, 0.5) is 0 Å².